The molecule has 0 radical (unpaired) electrons. The van der Waals surface area contributed by atoms with E-state index < -0.39 is 0 Å². The number of hydrogen-bond donors (Lipinski definition) is 2. The Morgan fingerprint density at radius 1 is 1.50 bits per heavy atom. The number of nitrogens with one attached hydrogen (secondary N) is 1. The molecule has 0 saturated heterocycles. The van der Waals surface area contributed by atoms with Gasteiger partial charge in [0.2, 0.25) is 0 Å². The Morgan fingerprint density at radius 3 is 2.86 bits per heavy atom. The van der Waals surface area contributed by atoms with Gasteiger partial charge in [0.1, 0.15) is 0 Å². The van der Waals surface area contributed by atoms with Gasteiger partial charge in [-0.3, -0.25) is 4.79 Å². The lowest BCUT2D eigenvalue weighted by Crippen LogP contribution is -2.26. The van der Waals surface area contributed by atoms with Crippen LogP contribution in [0.5, 0.6) is 0 Å². The van der Waals surface area contributed by atoms with E-state index in [0.717, 1.165) is 4.90 Å². The van der Waals surface area contributed by atoms with Gasteiger partial charge in [-0.1, -0.05) is 12.1 Å². The third kappa shape index (κ3) is 2.75. The van der Waals surface area contributed by atoms with Gasteiger partial charge in [0, 0.05) is 11.4 Å². The average Bonchev–Trinajstić information content (AvgIpc) is 2.25. The van der Waals surface area contributed by atoms with Crippen molar-refractivity contribution in [3.05, 3.63) is 29.8 Å². The molecule has 0 aliphatic heterocycles. The largest absolute Gasteiger partial charge is 0.395 e. The number of aliphatic hydroxyl groups excluding tert-OH is 1. The summed E-state index contributed by atoms with van der Waals surface area (Å²) in [6.45, 7) is 0.259. The maximum atomic E-state index is 11.5. The first-order chi connectivity index (χ1) is 6.79. The van der Waals surface area contributed by atoms with Crippen LogP contribution < -0.4 is 5.32 Å². The number of carbonyl (C=O) groups excluding carboxylic acids is 1. The molecule has 2 N–H and O–H groups in total. The van der Waals surface area contributed by atoms with Crippen molar-refractivity contribution in [1.29, 1.82) is 0 Å². The van der Waals surface area contributed by atoms with Crippen LogP contribution in [0.3, 0.4) is 0 Å². The second-order valence-electron chi connectivity index (χ2n) is 2.68. The second kappa shape index (κ2) is 5.67. The summed E-state index contributed by atoms with van der Waals surface area (Å²) in [4.78, 5) is 12.5. The van der Waals surface area contributed by atoms with Crippen LogP contribution in [0.25, 0.3) is 0 Å². The van der Waals surface area contributed by atoms with E-state index in [1.165, 1.54) is 11.8 Å². The Labute approximate surface area is 87.5 Å². The van der Waals surface area contributed by atoms with E-state index in [1.54, 1.807) is 6.07 Å². The van der Waals surface area contributed by atoms with Crippen LogP contribution in [0.4, 0.5) is 0 Å². The lowest BCUT2D eigenvalue weighted by Gasteiger charge is -2.06. The zero-order valence-corrected chi connectivity index (χ0v) is 8.80. The molecule has 0 aliphatic carbocycles. The predicted molar refractivity (Wildman–Crippen MR) is 57.6 cm³/mol. The highest BCUT2D eigenvalue weighted by Crippen LogP contribution is 2.19. The minimum Gasteiger partial charge on any atom is -0.395 e. The van der Waals surface area contributed by atoms with Crippen molar-refractivity contribution in [2.45, 2.75) is 4.90 Å². The Bertz CT molecular complexity index is 315. The van der Waals surface area contributed by atoms with E-state index in [2.05, 4.69) is 5.32 Å². The number of rotatable bonds is 4. The number of carbonyl (C=O) groups is 1. The van der Waals surface area contributed by atoms with Gasteiger partial charge in [-0.2, -0.15) is 0 Å². The summed E-state index contributed by atoms with van der Waals surface area (Å²) < 4.78 is 0. The molecule has 1 aromatic carbocycles. The van der Waals surface area contributed by atoms with Gasteiger partial charge in [0.05, 0.1) is 12.2 Å². The normalized spacial score (nSPS) is 9.86. The van der Waals surface area contributed by atoms with Crippen molar-refractivity contribution in [1.82, 2.24) is 5.32 Å². The molecule has 0 bridgehead atoms. The van der Waals surface area contributed by atoms with Crippen LogP contribution in [0.1, 0.15) is 10.4 Å². The van der Waals surface area contributed by atoms with E-state index >= 15 is 0 Å². The van der Waals surface area contributed by atoms with Crippen molar-refractivity contribution in [3.8, 4) is 0 Å². The lowest BCUT2D eigenvalue weighted by atomic mass is 10.2. The standard InChI is InChI=1S/C10H13NO2S/c1-14-9-5-3-2-4-8(9)10(13)11-6-7-12/h2-5,12H,6-7H2,1H3,(H,11,13). The zero-order chi connectivity index (χ0) is 10.4. The molecule has 0 saturated carbocycles. The van der Waals surface area contributed by atoms with Crippen molar-refractivity contribution in [3.63, 3.8) is 0 Å². The SMILES string of the molecule is CSc1ccccc1C(=O)NCCO. The first-order valence-electron chi connectivity index (χ1n) is 4.31. The molecule has 0 spiro atoms. The Balaban J connectivity index is 2.78. The lowest BCUT2D eigenvalue weighted by molar-refractivity contribution is 0.0942. The third-order valence-corrected chi connectivity index (χ3v) is 2.54. The maximum absolute atomic E-state index is 11.5. The molecule has 3 nitrogen and oxygen atoms in total. The van der Waals surface area contributed by atoms with Gasteiger partial charge in [0.25, 0.3) is 5.91 Å². The van der Waals surface area contributed by atoms with E-state index in [1.807, 2.05) is 24.5 Å². The van der Waals surface area contributed by atoms with E-state index in [-0.39, 0.29) is 12.5 Å². The summed E-state index contributed by atoms with van der Waals surface area (Å²) in [7, 11) is 0. The molecule has 0 unspecified atom stereocenters. The molecule has 1 rings (SSSR count). The number of thioether (sulfide) groups is 1. The summed E-state index contributed by atoms with van der Waals surface area (Å²) in [6.07, 6.45) is 1.93. The van der Waals surface area contributed by atoms with E-state index in [0.29, 0.717) is 12.1 Å². The van der Waals surface area contributed by atoms with Gasteiger partial charge >= 0.3 is 0 Å². The molecule has 0 aromatic heterocycles. The molecule has 4 heteroatoms. The number of amides is 1. The smallest absolute Gasteiger partial charge is 0.252 e. The molecule has 0 fully saturated rings. The molecule has 0 atom stereocenters. The van der Waals surface area contributed by atoms with Gasteiger partial charge in [-0.15, -0.1) is 11.8 Å². The van der Waals surface area contributed by atoms with Crippen LogP contribution in [0, 0.1) is 0 Å². The fourth-order valence-electron chi connectivity index (χ4n) is 1.10. The van der Waals surface area contributed by atoms with Gasteiger partial charge in [-0.05, 0) is 18.4 Å². The molecular formula is C10H13NO2S. The van der Waals surface area contributed by atoms with Crippen molar-refractivity contribution in [2.75, 3.05) is 19.4 Å². The van der Waals surface area contributed by atoms with Gasteiger partial charge in [-0.25, -0.2) is 0 Å². The summed E-state index contributed by atoms with van der Waals surface area (Å²) in [5, 5.41) is 11.2. The molecule has 0 heterocycles. The summed E-state index contributed by atoms with van der Waals surface area (Å²) in [6, 6.07) is 7.40. The predicted octanol–water partition coefficient (Wildman–Crippen LogP) is 1.13. The van der Waals surface area contributed by atoms with Crippen molar-refractivity contribution in [2.24, 2.45) is 0 Å². The monoisotopic (exact) mass is 211 g/mol. The highest BCUT2D eigenvalue weighted by Gasteiger charge is 2.08. The maximum Gasteiger partial charge on any atom is 0.252 e. The molecular weight excluding hydrogens is 198 g/mol. The first-order valence-corrected chi connectivity index (χ1v) is 5.54. The number of benzene rings is 1. The van der Waals surface area contributed by atoms with Crippen molar-refractivity contribution >= 4 is 17.7 Å². The summed E-state index contributed by atoms with van der Waals surface area (Å²) in [5.74, 6) is -0.135. The Hall–Kier alpha value is -1.00. The minimum atomic E-state index is -0.135. The Kier molecular flexibility index (Phi) is 4.49. The highest BCUT2D eigenvalue weighted by atomic mass is 32.2. The van der Waals surface area contributed by atoms with Gasteiger partial charge < -0.3 is 10.4 Å². The van der Waals surface area contributed by atoms with Crippen LogP contribution in [-0.2, 0) is 0 Å². The average molecular weight is 211 g/mol. The second-order valence-corrected chi connectivity index (χ2v) is 3.53. The summed E-state index contributed by atoms with van der Waals surface area (Å²) in [5.41, 5.74) is 0.661. The number of aliphatic hydroxyl groups is 1. The quantitative estimate of drug-likeness (QED) is 0.734. The van der Waals surface area contributed by atoms with Crippen LogP contribution in [-0.4, -0.2) is 30.4 Å². The Morgan fingerprint density at radius 2 is 2.21 bits per heavy atom. The van der Waals surface area contributed by atoms with Crippen LogP contribution >= 0.6 is 11.8 Å². The minimum absolute atomic E-state index is 0.0345. The molecule has 1 amide bonds. The summed E-state index contributed by atoms with van der Waals surface area (Å²) >= 11 is 1.53. The highest BCUT2D eigenvalue weighted by molar-refractivity contribution is 7.98. The van der Waals surface area contributed by atoms with E-state index in [4.69, 9.17) is 5.11 Å². The fourth-order valence-corrected chi connectivity index (χ4v) is 1.69. The molecule has 0 aliphatic rings. The van der Waals surface area contributed by atoms with E-state index in [9.17, 15) is 4.79 Å². The van der Waals surface area contributed by atoms with Gasteiger partial charge in [0.15, 0.2) is 0 Å². The fraction of sp³-hybridized carbons (Fsp3) is 0.300. The molecule has 1 aromatic rings. The van der Waals surface area contributed by atoms with Crippen LogP contribution in [0.15, 0.2) is 29.2 Å². The third-order valence-electron chi connectivity index (χ3n) is 1.75. The molecule has 14 heavy (non-hydrogen) atoms. The first kappa shape index (κ1) is 11.1. The van der Waals surface area contributed by atoms with Crippen LogP contribution in [0.2, 0.25) is 0 Å². The van der Waals surface area contributed by atoms with Crippen molar-refractivity contribution < 1.29 is 9.90 Å². The zero-order valence-electron chi connectivity index (χ0n) is 7.99. The molecule has 76 valence electrons. The topological polar surface area (TPSA) is 49.3 Å². The number of hydrogen-bond acceptors (Lipinski definition) is 3.